The quantitative estimate of drug-likeness (QED) is 0.188. The Morgan fingerprint density at radius 2 is 1.13 bits per heavy atom. The predicted octanol–water partition coefficient (Wildman–Crippen LogP) is 4.99. The van der Waals surface area contributed by atoms with Crippen LogP contribution in [0.15, 0.2) is 36.4 Å². The topological polar surface area (TPSA) is 178 Å². The molecule has 0 spiro atoms. The molecule has 5 rings (SSSR count). The highest BCUT2D eigenvalue weighted by atomic mass is 16.7. The zero-order chi connectivity index (χ0) is 40.0. The van der Waals surface area contributed by atoms with Gasteiger partial charge in [0.05, 0.1) is 6.42 Å². The first-order valence-corrected chi connectivity index (χ1v) is 16.8. The maximum absolute atomic E-state index is 12.6. The second kappa shape index (κ2) is 19.7. The van der Waals surface area contributed by atoms with Crippen molar-refractivity contribution in [1.82, 2.24) is 0 Å². The molecule has 1 N–H and O–H groups in total. The first-order chi connectivity index (χ1) is 24.8. The molecule has 2 unspecified atom stereocenters. The third-order valence-electron chi connectivity index (χ3n) is 7.03. The summed E-state index contributed by atoms with van der Waals surface area (Å²) >= 11 is 0. The zero-order valence-electron chi connectivity index (χ0n) is 31.2. The Morgan fingerprint density at radius 1 is 0.755 bits per heavy atom. The zero-order valence-corrected chi connectivity index (χ0v) is 31.2. The lowest BCUT2D eigenvalue weighted by Gasteiger charge is -2.32. The van der Waals surface area contributed by atoms with E-state index in [4.69, 9.17) is 46.4 Å². The van der Waals surface area contributed by atoms with Crippen molar-refractivity contribution in [2.45, 2.75) is 86.2 Å². The molecular weight excluding hydrogens is 688 g/mol. The average Bonchev–Trinajstić information content (AvgIpc) is 3.31. The van der Waals surface area contributed by atoms with E-state index in [0.29, 0.717) is 28.7 Å². The van der Waals surface area contributed by atoms with Gasteiger partial charge >= 0.3 is 29.8 Å². The molecule has 1 saturated heterocycles. The maximum Gasteiger partial charge on any atom is 0.342 e. The van der Waals surface area contributed by atoms with Crippen LogP contribution in [0.3, 0.4) is 0 Å². The van der Waals surface area contributed by atoms with E-state index in [1.165, 1.54) is 19.9 Å². The molecule has 53 heavy (non-hydrogen) atoms. The molecule has 13 heteroatoms. The van der Waals surface area contributed by atoms with Crippen LogP contribution in [0.1, 0.15) is 87.2 Å². The number of carbonyl (C=O) groups excluding carboxylic acids is 5. The van der Waals surface area contributed by atoms with Gasteiger partial charge in [0.15, 0.2) is 5.78 Å². The first-order valence-electron chi connectivity index (χ1n) is 16.8. The molecule has 0 saturated carbocycles. The summed E-state index contributed by atoms with van der Waals surface area (Å²) in [5.41, 5.74) is 1.34. The van der Waals surface area contributed by atoms with E-state index in [9.17, 15) is 28.8 Å². The predicted molar refractivity (Wildman–Crippen MR) is 191 cm³/mol. The monoisotopic (exact) mass is 734 g/mol. The van der Waals surface area contributed by atoms with Crippen LogP contribution < -0.4 is 9.47 Å². The lowest BCUT2D eigenvalue weighted by Crippen LogP contribution is -2.49. The standard InChI is InChI=1S/C18H18O8.C12H12O5.2C5H8/c1-9-8-23-15(20)11-6-4-5-10(14(11)24-9)7-12(19)13-16(21)25-18(2,3)26-17(13)22;1-7-6-16-12(15)9-4-2-3-8(5-10(13)14)11(9)17-7;2*1-4-5(2)3/h4-6,9,13H,7-8H2,1-3H3;2-4,7H,5-6H2,1H3,(H,13,14);2*1,5H,2-3H3. The summed E-state index contributed by atoms with van der Waals surface area (Å²) in [5, 5.41) is 8.80. The largest absolute Gasteiger partial charge is 0.486 e. The Labute approximate surface area is 309 Å². The number of carboxylic acids is 1. The number of aliphatic carboxylic acids is 1. The van der Waals surface area contributed by atoms with E-state index in [0.717, 1.165) is 0 Å². The Kier molecular flexibility index (Phi) is 16.1. The molecule has 1 fully saturated rings. The second-order valence-corrected chi connectivity index (χ2v) is 13.2. The number of para-hydroxylation sites is 2. The number of esters is 4. The highest BCUT2D eigenvalue weighted by molar-refractivity contribution is 6.16. The Hall–Kier alpha value is -5.82. The fourth-order valence-corrected chi connectivity index (χ4v) is 4.49. The number of Topliss-reactive ketones (excluding diaryl/α,β-unsaturated/α-hetero) is 1. The van der Waals surface area contributed by atoms with E-state index in [-0.39, 0.29) is 49.0 Å². The Bertz CT molecular complexity index is 1720. The van der Waals surface area contributed by atoms with Crippen LogP contribution >= 0.6 is 0 Å². The number of ketones is 1. The number of fused-ring (bicyclic) bond motifs is 2. The van der Waals surface area contributed by atoms with E-state index < -0.39 is 53.4 Å². The minimum absolute atomic E-state index is 0.0806. The number of cyclic esters (lactones) is 4. The van der Waals surface area contributed by atoms with Crippen molar-refractivity contribution in [3.8, 4) is 36.2 Å². The highest BCUT2D eigenvalue weighted by Gasteiger charge is 2.47. The molecule has 0 bridgehead atoms. The number of benzene rings is 2. The molecule has 2 aromatic carbocycles. The molecule has 3 heterocycles. The van der Waals surface area contributed by atoms with Crippen molar-refractivity contribution < 1.29 is 62.3 Å². The Balaban J connectivity index is 0.000000307. The summed E-state index contributed by atoms with van der Waals surface area (Å²) in [7, 11) is 0. The molecule has 2 atom stereocenters. The van der Waals surface area contributed by atoms with Gasteiger partial charge in [0.25, 0.3) is 5.79 Å². The molecule has 3 aliphatic heterocycles. The number of hydrogen-bond donors (Lipinski definition) is 1. The van der Waals surface area contributed by atoms with Gasteiger partial charge in [-0.25, -0.2) is 9.59 Å². The molecule has 0 aliphatic carbocycles. The van der Waals surface area contributed by atoms with E-state index in [2.05, 4.69) is 11.8 Å². The van der Waals surface area contributed by atoms with Gasteiger partial charge in [-0.05, 0) is 26.0 Å². The summed E-state index contributed by atoms with van der Waals surface area (Å²) < 4.78 is 31.3. The van der Waals surface area contributed by atoms with Gasteiger partial charge < -0.3 is 33.5 Å². The van der Waals surface area contributed by atoms with Crippen LogP contribution in [0.5, 0.6) is 11.5 Å². The van der Waals surface area contributed by atoms with Crippen LogP contribution in [0, 0.1) is 42.4 Å². The van der Waals surface area contributed by atoms with Crippen molar-refractivity contribution in [3.05, 3.63) is 58.7 Å². The summed E-state index contributed by atoms with van der Waals surface area (Å²) in [6, 6.07) is 9.51. The van der Waals surface area contributed by atoms with E-state index in [1.807, 2.05) is 27.7 Å². The number of ether oxygens (including phenoxy) is 6. The smallest absolute Gasteiger partial charge is 0.342 e. The lowest BCUT2D eigenvalue weighted by molar-refractivity contribution is -0.238. The third-order valence-corrected chi connectivity index (χ3v) is 7.03. The number of terminal acetylenes is 2. The van der Waals surface area contributed by atoms with Crippen molar-refractivity contribution in [2.75, 3.05) is 13.2 Å². The van der Waals surface area contributed by atoms with Crippen LogP contribution in [-0.2, 0) is 51.0 Å². The third kappa shape index (κ3) is 13.3. The number of rotatable bonds is 5. The van der Waals surface area contributed by atoms with Crippen molar-refractivity contribution in [1.29, 1.82) is 0 Å². The van der Waals surface area contributed by atoms with Gasteiger partial charge in [-0.15, -0.1) is 24.7 Å². The molecule has 2 aromatic rings. The summed E-state index contributed by atoms with van der Waals surface area (Å²) in [5.74, 6) is -1.24. The van der Waals surface area contributed by atoms with Crippen LogP contribution in [-0.4, -0.2) is 71.9 Å². The summed E-state index contributed by atoms with van der Waals surface area (Å²) in [6.45, 7) is 14.5. The lowest BCUT2D eigenvalue weighted by atomic mass is 9.95. The number of hydrogen-bond acceptors (Lipinski definition) is 12. The maximum atomic E-state index is 12.6. The molecule has 13 nitrogen and oxygen atoms in total. The fraction of sp³-hybridized carbons (Fsp3) is 0.450. The van der Waals surface area contributed by atoms with Gasteiger partial charge in [-0.3, -0.25) is 19.2 Å². The molecule has 284 valence electrons. The second-order valence-electron chi connectivity index (χ2n) is 13.2. The van der Waals surface area contributed by atoms with Gasteiger partial charge in [0.1, 0.15) is 48.0 Å². The molecular formula is C40H46O13. The first kappa shape index (κ1) is 43.3. The van der Waals surface area contributed by atoms with Crippen LogP contribution in [0.4, 0.5) is 0 Å². The summed E-state index contributed by atoms with van der Waals surface area (Å²) in [6.07, 6.45) is 8.69. The van der Waals surface area contributed by atoms with Gasteiger partial charge in [0.2, 0.25) is 5.92 Å². The number of carbonyl (C=O) groups is 6. The van der Waals surface area contributed by atoms with Crippen molar-refractivity contribution >= 4 is 35.6 Å². The highest BCUT2D eigenvalue weighted by Crippen LogP contribution is 2.31. The van der Waals surface area contributed by atoms with Gasteiger partial charge in [-0.1, -0.05) is 52.0 Å². The normalized spacial score (nSPS) is 18.3. The van der Waals surface area contributed by atoms with Gasteiger partial charge in [0, 0.05) is 43.2 Å². The number of carboxylic acid groups (broad SMARTS) is 1. The minimum atomic E-state index is -1.66. The SMILES string of the molecule is C#CC(C)C.C#CC(C)C.CC1COC(=O)c2cccc(CC(=O)C3C(=O)OC(C)(C)OC3=O)c2O1.CC1COC(=O)c2cccc(CC(=O)O)c2O1. The summed E-state index contributed by atoms with van der Waals surface area (Å²) in [4.78, 5) is 71.1. The van der Waals surface area contributed by atoms with E-state index in [1.54, 1.807) is 44.2 Å². The average molecular weight is 735 g/mol. The molecule has 3 aliphatic rings. The fourth-order valence-electron chi connectivity index (χ4n) is 4.49. The van der Waals surface area contributed by atoms with Crippen molar-refractivity contribution in [3.63, 3.8) is 0 Å². The van der Waals surface area contributed by atoms with Crippen LogP contribution in [0.25, 0.3) is 0 Å². The van der Waals surface area contributed by atoms with Gasteiger partial charge in [-0.2, -0.15) is 0 Å². The van der Waals surface area contributed by atoms with Crippen molar-refractivity contribution in [2.24, 2.45) is 17.8 Å². The van der Waals surface area contributed by atoms with E-state index >= 15 is 0 Å². The minimum Gasteiger partial charge on any atom is -0.486 e. The molecule has 0 amide bonds. The molecule has 0 radical (unpaired) electrons. The molecule has 0 aromatic heterocycles. The van der Waals surface area contributed by atoms with Crippen LogP contribution in [0.2, 0.25) is 0 Å². The Morgan fingerprint density at radius 3 is 1.49 bits per heavy atom.